The van der Waals surface area contributed by atoms with Crippen molar-refractivity contribution in [2.45, 2.75) is 6.42 Å². The maximum atomic E-state index is 12.1. The Bertz CT molecular complexity index is 602. The van der Waals surface area contributed by atoms with Crippen LogP contribution in [0.4, 0.5) is 0 Å². The van der Waals surface area contributed by atoms with Crippen LogP contribution in [0.15, 0.2) is 36.9 Å². The third-order valence-electron chi connectivity index (χ3n) is 2.96. The summed E-state index contributed by atoms with van der Waals surface area (Å²) in [6.45, 7) is 0.514. The summed E-state index contributed by atoms with van der Waals surface area (Å²) >= 11 is 0. The summed E-state index contributed by atoms with van der Waals surface area (Å²) in [5.74, 6) is 0.963. The van der Waals surface area contributed by atoms with Gasteiger partial charge in [0.25, 0.3) is 5.91 Å². The number of methoxy groups -OCH3 is 2. The molecular formula is C15H17N3O3. The quantitative estimate of drug-likeness (QED) is 0.871. The number of hydrogen-bond acceptors (Lipinski definition) is 5. The van der Waals surface area contributed by atoms with Gasteiger partial charge in [-0.1, -0.05) is 0 Å². The Labute approximate surface area is 123 Å². The molecule has 110 valence electrons. The van der Waals surface area contributed by atoms with E-state index in [0.717, 1.165) is 5.56 Å². The Hall–Kier alpha value is -2.63. The van der Waals surface area contributed by atoms with Crippen LogP contribution >= 0.6 is 0 Å². The predicted molar refractivity (Wildman–Crippen MR) is 77.6 cm³/mol. The average Bonchev–Trinajstić information content (AvgIpc) is 2.55. The van der Waals surface area contributed by atoms with Crippen molar-refractivity contribution in [3.63, 3.8) is 0 Å². The lowest BCUT2D eigenvalue weighted by Crippen LogP contribution is -2.25. The van der Waals surface area contributed by atoms with Crippen molar-refractivity contribution >= 4 is 5.91 Å². The molecule has 0 bridgehead atoms. The van der Waals surface area contributed by atoms with E-state index in [9.17, 15) is 4.79 Å². The number of hydrogen-bond donors (Lipinski definition) is 1. The van der Waals surface area contributed by atoms with Crippen LogP contribution in [0.3, 0.4) is 0 Å². The van der Waals surface area contributed by atoms with Gasteiger partial charge in [-0.3, -0.25) is 4.79 Å². The third-order valence-corrected chi connectivity index (χ3v) is 2.96. The fourth-order valence-corrected chi connectivity index (χ4v) is 1.86. The summed E-state index contributed by atoms with van der Waals surface area (Å²) < 4.78 is 10.3. The van der Waals surface area contributed by atoms with Gasteiger partial charge < -0.3 is 14.8 Å². The van der Waals surface area contributed by atoms with E-state index in [1.54, 1.807) is 37.7 Å². The molecule has 1 amide bonds. The van der Waals surface area contributed by atoms with Crippen LogP contribution in [0.5, 0.6) is 11.5 Å². The molecule has 0 spiro atoms. The number of benzene rings is 1. The van der Waals surface area contributed by atoms with Gasteiger partial charge >= 0.3 is 0 Å². The Morgan fingerprint density at radius 2 is 1.86 bits per heavy atom. The fourth-order valence-electron chi connectivity index (χ4n) is 1.86. The molecule has 0 aliphatic rings. The number of carbonyl (C=O) groups is 1. The van der Waals surface area contributed by atoms with Gasteiger partial charge in [0.05, 0.1) is 14.2 Å². The van der Waals surface area contributed by atoms with E-state index in [2.05, 4.69) is 15.3 Å². The maximum Gasteiger partial charge on any atom is 0.251 e. The van der Waals surface area contributed by atoms with Crippen LogP contribution < -0.4 is 14.8 Å². The SMILES string of the molecule is COc1ccc(C(=O)NCCc2cncnc2)cc1OC. The van der Waals surface area contributed by atoms with Gasteiger partial charge in [0.15, 0.2) is 11.5 Å². The molecule has 0 unspecified atom stereocenters. The highest BCUT2D eigenvalue weighted by atomic mass is 16.5. The van der Waals surface area contributed by atoms with E-state index in [1.165, 1.54) is 13.4 Å². The zero-order valence-electron chi connectivity index (χ0n) is 12.0. The zero-order valence-corrected chi connectivity index (χ0v) is 12.0. The third kappa shape index (κ3) is 3.92. The van der Waals surface area contributed by atoms with E-state index in [-0.39, 0.29) is 5.91 Å². The second-order valence-electron chi connectivity index (χ2n) is 4.32. The molecule has 0 aliphatic heterocycles. The summed E-state index contributed by atoms with van der Waals surface area (Å²) in [6.07, 6.45) is 5.62. The highest BCUT2D eigenvalue weighted by molar-refractivity contribution is 5.94. The Morgan fingerprint density at radius 1 is 1.14 bits per heavy atom. The molecule has 0 saturated carbocycles. The van der Waals surface area contributed by atoms with Crippen molar-refractivity contribution < 1.29 is 14.3 Å². The van der Waals surface area contributed by atoms with Gasteiger partial charge in [-0.2, -0.15) is 0 Å². The predicted octanol–water partition coefficient (Wildman–Crippen LogP) is 1.47. The van der Waals surface area contributed by atoms with Gasteiger partial charge in [0.1, 0.15) is 6.33 Å². The van der Waals surface area contributed by atoms with Crippen LogP contribution in [-0.2, 0) is 6.42 Å². The number of nitrogens with zero attached hydrogens (tertiary/aromatic N) is 2. The number of aromatic nitrogens is 2. The smallest absolute Gasteiger partial charge is 0.251 e. The zero-order chi connectivity index (χ0) is 15.1. The molecule has 0 saturated heterocycles. The molecule has 0 fully saturated rings. The maximum absolute atomic E-state index is 12.1. The van der Waals surface area contributed by atoms with Crippen molar-refractivity contribution in [1.82, 2.24) is 15.3 Å². The van der Waals surface area contributed by atoms with Gasteiger partial charge in [0.2, 0.25) is 0 Å². The molecule has 2 aromatic rings. The summed E-state index contributed by atoms with van der Waals surface area (Å²) in [4.78, 5) is 19.9. The largest absolute Gasteiger partial charge is 0.493 e. The Morgan fingerprint density at radius 3 is 2.52 bits per heavy atom. The molecule has 21 heavy (non-hydrogen) atoms. The molecule has 1 aromatic carbocycles. The molecule has 0 aliphatic carbocycles. The van der Waals surface area contributed by atoms with E-state index in [0.29, 0.717) is 30.0 Å². The molecule has 1 N–H and O–H groups in total. The molecule has 6 nitrogen and oxygen atoms in total. The van der Waals surface area contributed by atoms with E-state index < -0.39 is 0 Å². The number of carbonyl (C=O) groups excluding carboxylic acids is 1. The molecule has 6 heteroatoms. The second kappa shape index (κ2) is 7.23. The standard InChI is InChI=1S/C15H17N3O3/c1-20-13-4-3-12(7-14(13)21-2)15(19)18-6-5-11-8-16-10-17-9-11/h3-4,7-10H,5-6H2,1-2H3,(H,18,19). The highest BCUT2D eigenvalue weighted by Crippen LogP contribution is 2.27. The first-order valence-electron chi connectivity index (χ1n) is 6.48. The van der Waals surface area contributed by atoms with Crippen LogP contribution in [0.1, 0.15) is 15.9 Å². The monoisotopic (exact) mass is 287 g/mol. The molecule has 0 radical (unpaired) electrons. The molecule has 1 heterocycles. The first-order chi connectivity index (χ1) is 10.2. The Balaban J connectivity index is 1.94. The van der Waals surface area contributed by atoms with Crippen molar-refractivity contribution in [3.05, 3.63) is 48.0 Å². The lowest BCUT2D eigenvalue weighted by Gasteiger charge is -2.10. The topological polar surface area (TPSA) is 73.3 Å². The number of nitrogens with one attached hydrogen (secondary N) is 1. The summed E-state index contributed by atoms with van der Waals surface area (Å²) in [5.41, 5.74) is 1.50. The van der Waals surface area contributed by atoms with Gasteiger partial charge in [-0.05, 0) is 30.2 Å². The van der Waals surface area contributed by atoms with Gasteiger partial charge in [0, 0.05) is 24.5 Å². The first kappa shape index (κ1) is 14.8. The minimum atomic E-state index is -0.159. The molecule has 2 rings (SSSR count). The number of amides is 1. The van der Waals surface area contributed by atoms with Crippen LogP contribution in [-0.4, -0.2) is 36.6 Å². The summed E-state index contributed by atoms with van der Waals surface area (Å²) in [6, 6.07) is 5.06. The lowest BCUT2D eigenvalue weighted by molar-refractivity contribution is 0.0953. The molecular weight excluding hydrogens is 270 g/mol. The van der Waals surface area contributed by atoms with Gasteiger partial charge in [-0.15, -0.1) is 0 Å². The van der Waals surface area contributed by atoms with Crippen LogP contribution in [0.2, 0.25) is 0 Å². The number of rotatable bonds is 6. The van der Waals surface area contributed by atoms with Crippen LogP contribution in [0, 0.1) is 0 Å². The first-order valence-corrected chi connectivity index (χ1v) is 6.48. The molecule has 0 atom stereocenters. The average molecular weight is 287 g/mol. The van der Waals surface area contributed by atoms with E-state index in [1.807, 2.05) is 0 Å². The minimum absolute atomic E-state index is 0.159. The highest BCUT2D eigenvalue weighted by Gasteiger charge is 2.10. The Kier molecular flexibility index (Phi) is 5.09. The van der Waals surface area contributed by atoms with E-state index in [4.69, 9.17) is 9.47 Å². The summed E-state index contributed by atoms with van der Waals surface area (Å²) in [5, 5.41) is 2.85. The van der Waals surface area contributed by atoms with Crippen molar-refractivity contribution in [3.8, 4) is 11.5 Å². The van der Waals surface area contributed by atoms with E-state index >= 15 is 0 Å². The minimum Gasteiger partial charge on any atom is -0.493 e. The second-order valence-corrected chi connectivity index (χ2v) is 4.32. The van der Waals surface area contributed by atoms with Gasteiger partial charge in [-0.25, -0.2) is 9.97 Å². The lowest BCUT2D eigenvalue weighted by atomic mass is 10.2. The number of ether oxygens (including phenoxy) is 2. The van der Waals surface area contributed by atoms with Crippen molar-refractivity contribution in [2.75, 3.05) is 20.8 Å². The summed E-state index contributed by atoms with van der Waals surface area (Å²) in [7, 11) is 3.09. The normalized spacial score (nSPS) is 10.0. The molecule has 1 aromatic heterocycles. The van der Waals surface area contributed by atoms with Crippen molar-refractivity contribution in [1.29, 1.82) is 0 Å². The fraction of sp³-hybridized carbons (Fsp3) is 0.267. The van der Waals surface area contributed by atoms with Crippen molar-refractivity contribution in [2.24, 2.45) is 0 Å². The van der Waals surface area contributed by atoms with Crippen LogP contribution in [0.25, 0.3) is 0 Å².